The summed E-state index contributed by atoms with van der Waals surface area (Å²) in [5.74, 6) is -1.64. The number of likely N-dealkylation sites (tertiary alicyclic amines) is 1. The van der Waals surface area contributed by atoms with Crippen molar-refractivity contribution in [3.05, 3.63) is 34.4 Å². The minimum Gasteiger partial charge on any atom is -0.455 e. The Kier molecular flexibility index (Phi) is 5.69. The molecule has 1 heterocycles. The Bertz CT molecular complexity index is 648. The number of hydrogen-bond acceptors (Lipinski definition) is 7. The third-order valence-corrected chi connectivity index (χ3v) is 4.17. The molecule has 0 saturated carbocycles. The van der Waals surface area contributed by atoms with Crippen LogP contribution in [-0.2, 0) is 19.1 Å². The molecule has 122 valence electrons. The van der Waals surface area contributed by atoms with Gasteiger partial charge in [0.05, 0.1) is 15.6 Å². The van der Waals surface area contributed by atoms with Crippen LogP contribution in [0.3, 0.4) is 0 Å². The molecule has 0 radical (unpaired) electrons. The maximum absolute atomic E-state index is 11.7. The van der Waals surface area contributed by atoms with Gasteiger partial charge in [0.1, 0.15) is 0 Å². The SMILES string of the molecule is O=C(CSc1ccccc1[N+](=O)[O-])OCC(=O)N1CCCC1=O. The van der Waals surface area contributed by atoms with Gasteiger partial charge >= 0.3 is 5.97 Å². The standard InChI is InChI=1S/C14H14N2O6S/c17-12-6-3-7-15(12)13(18)8-22-14(19)9-23-11-5-2-1-4-10(11)16(20)21/h1-2,4-5H,3,6-9H2. The summed E-state index contributed by atoms with van der Waals surface area (Å²) in [6.45, 7) is -0.151. The molecule has 1 aromatic carbocycles. The molecule has 8 nitrogen and oxygen atoms in total. The molecule has 0 unspecified atom stereocenters. The summed E-state index contributed by atoms with van der Waals surface area (Å²) < 4.78 is 4.81. The maximum Gasteiger partial charge on any atom is 0.316 e. The predicted octanol–water partition coefficient (Wildman–Crippen LogP) is 1.38. The summed E-state index contributed by atoms with van der Waals surface area (Å²) in [5.41, 5.74) is -0.0935. The molecule has 0 aromatic heterocycles. The van der Waals surface area contributed by atoms with Crippen LogP contribution in [0.1, 0.15) is 12.8 Å². The van der Waals surface area contributed by atoms with Crippen LogP contribution in [0.15, 0.2) is 29.2 Å². The molecule has 1 aromatic rings. The number of esters is 1. The van der Waals surface area contributed by atoms with Crippen molar-refractivity contribution in [1.82, 2.24) is 4.90 Å². The smallest absolute Gasteiger partial charge is 0.316 e. The van der Waals surface area contributed by atoms with Crippen molar-refractivity contribution < 1.29 is 24.0 Å². The van der Waals surface area contributed by atoms with E-state index in [4.69, 9.17) is 4.74 Å². The second-order valence-electron chi connectivity index (χ2n) is 4.72. The van der Waals surface area contributed by atoms with Crippen molar-refractivity contribution in [2.24, 2.45) is 0 Å². The van der Waals surface area contributed by atoms with E-state index in [9.17, 15) is 24.5 Å². The highest BCUT2D eigenvalue weighted by Crippen LogP contribution is 2.28. The number of nitro benzene ring substituents is 1. The first-order valence-corrected chi connectivity index (χ1v) is 7.82. The van der Waals surface area contributed by atoms with Crippen molar-refractivity contribution in [1.29, 1.82) is 0 Å². The fourth-order valence-electron chi connectivity index (χ4n) is 2.04. The van der Waals surface area contributed by atoms with Gasteiger partial charge < -0.3 is 4.74 Å². The van der Waals surface area contributed by atoms with Crippen LogP contribution in [0.2, 0.25) is 0 Å². The number of benzene rings is 1. The van der Waals surface area contributed by atoms with Crippen molar-refractivity contribution in [2.75, 3.05) is 18.9 Å². The number of amides is 2. The summed E-state index contributed by atoms with van der Waals surface area (Å²) in [4.78, 5) is 46.4. The van der Waals surface area contributed by atoms with Gasteiger partial charge in [0.25, 0.3) is 11.6 Å². The number of hydrogen-bond donors (Lipinski definition) is 0. The van der Waals surface area contributed by atoms with Gasteiger partial charge in [0, 0.05) is 19.0 Å². The van der Waals surface area contributed by atoms with Crippen molar-refractivity contribution >= 4 is 35.2 Å². The number of imide groups is 1. The number of nitrogens with zero attached hydrogens (tertiary/aromatic N) is 2. The van der Waals surface area contributed by atoms with Crippen molar-refractivity contribution in [3.8, 4) is 0 Å². The number of ether oxygens (including phenoxy) is 1. The molecule has 0 N–H and O–H groups in total. The Morgan fingerprint density at radius 1 is 1.35 bits per heavy atom. The van der Waals surface area contributed by atoms with Crippen LogP contribution >= 0.6 is 11.8 Å². The molecule has 0 spiro atoms. The minimum absolute atomic E-state index is 0.0935. The molecule has 9 heteroatoms. The Balaban J connectivity index is 1.81. The van der Waals surface area contributed by atoms with E-state index in [1.54, 1.807) is 6.07 Å². The molecule has 1 aliphatic heterocycles. The minimum atomic E-state index is -0.673. The predicted molar refractivity (Wildman–Crippen MR) is 80.7 cm³/mol. The Labute approximate surface area is 135 Å². The lowest BCUT2D eigenvalue weighted by molar-refractivity contribution is -0.387. The van der Waals surface area contributed by atoms with Gasteiger partial charge in [-0.2, -0.15) is 0 Å². The van der Waals surface area contributed by atoms with Crippen LogP contribution in [-0.4, -0.2) is 46.5 Å². The Morgan fingerprint density at radius 3 is 2.74 bits per heavy atom. The summed E-state index contributed by atoms with van der Waals surface area (Å²) in [5, 5.41) is 10.9. The lowest BCUT2D eigenvalue weighted by atomic mass is 10.3. The van der Waals surface area contributed by atoms with Gasteiger partial charge in [-0.25, -0.2) is 0 Å². The fourth-order valence-corrected chi connectivity index (χ4v) is 2.86. The van der Waals surface area contributed by atoms with E-state index in [0.717, 1.165) is 16.7 Å². The van der Waals surface area contributed by atoms with E-state index in [-0.39, 0.29) is 17.3 Å². The zero-order chi connectivity index (χ0) is 16.8. The normalized spacial score (nSPS) is 13.9. The van der Waals surface area contributed by atoms with Crippen LogP contribution in [0, 0.1) is 10.1 Å². The third-order valence-electron chi connectivity index (χ3n) is 3.14. The lowest BCUT2D eigenvalue weighted by Gasteiger charge is -2.13. The van der Waals surface area contributed by atoms with Gasteiger partial charge in [0.2, 0.25) is 5.91 Å². The summed E-state index contributed by atoms with van der Waals surface area (Å²) in [7, 11) is 0. The number of thioether (sulfide) groups is 1. The van der Waals surface area contributed by atoms with Gasteiger partial charge in [0.15, 0.2) is 6.61 Å². The zero-order valence-electron chi connectivity index (χ0n) is 12.1. The van der Waals surface area contributed by atoms with Gasteiger partial charge in [-0.05, 0) is 12.5 Å². The van der Waals surface area contributed by atoms with E-state index >= 15 is 0 Å². The maximum atomic E-state index is 11.7. The molecule has 0 aliphatic carbocycles. The highest BCUT2D eigenvalue weighted by molar-refractivity contribution is 8.00. The highest BCUT2D eigenvalue weighted by atomic mass is 32.2. The molecule has 1 aliphatic rings. The number of carbonyl (C=O) groups is 3. The van der Waals surface area contributed by atoms with Crippen molar-refractivity contribution in [3.63, 3.8) is 0 Å². The zero-order valence-corrected chi connectivity index (χ0v) is 12.9. The Hall–Kier alpha value is -2.42. The van der Waals surface area contributed by atoms with E-state index in [2.05, 4.69) is 0 Å². The number of carbonyl (C=O) groups excluding carboxylic acids is 3. The molecule has 23 heavy (non-hydrogen) atoms. The first kappa shape index (κ1) is 16.9. The van der Waals surface area contributed by atoms with E-state index in [1.807, 2.05) is 0 Å². The molecule has 0 atom stereocenters. The Morgan fingerprint density at radius 2 is 2.09 bits per heavy atom. The molecular weight excluding hydrogens is 324 g/mol. The molecule has 1 saturated heterocycles. The van der Waals surface area contributed by atoms with Crippen molar-refractivity contribution in [2.45, 2.75) is 17.7 Å². The summed E-state index contributed by atoms with van der Waals surface area (Å²) in [6.07, 6.45) is 0.944. The number of para-hydroxylation sites is 1. The van der Waals surface area contributed by atoms with Gasteiger partial charge in [-0.3, -0.25) is 29.4 Å². The highest BCUT2D eigenvalue weighted by Gasteiger charge is 2.27. The van der Waals surface area contributed by atoms with Crippen LogP contribution in [0.5, 0.6) is 0 Å². The number of rotatable bonds is 6. The van der Waals surface area contributed by atoms with Crippen LogP contribution in [0.4, 0.5) is 5.69 Å². The number of nitro groups is 1. The topological polar surface area (TPSA) is 107 Å². The third kappa shape index (κ3) is 4.52. The average molecular weight is 338 g/mol. The first-order valence-electron chi connectivity index (χ1n) is 6.84. The lowest BCUT2D eigenvalue weighted by Crippen LogP contribution is -2.35. The largest absolute Gasteiger partial charge is 0.455 e. The molecular formula is C14H14N2O6S. The quantitative estimate of drug-likeness (QED) is 0.334. The van der Waals surface area contributed by atoms with Gasteiger partial charge in [-0.15, -0.1) is 11.8 Å². The van der Waals surface area contributed by atoms with E-state index in [1.165, 1.54) is 18.2 Å². The molecule has 2 rings (SSSR count). The molecule has 2 amide bonds. The van der Waals surface area contributed by atoms with Crippen LogP contribution in [0.25, 0.3) is 0 Å². The second kappa shape index (κ2) is 7.73. The van der Waals surface area contributed by atoms with E-state index < -0.39 is 23.4 Å². The summed E-state index contributed by atoms with van der Waals surface area (Å²) in [6, 6.07) is 6.04. The van der Waals surface area contributed by atoms with Crippen LogP contribution < -0.4 is 0 Å². The molecule has 1 fully saturated rings. The first-order chi connectivity index (χ1) is 11.0. The second-order valence-corrected chi connectivity index (χ2v) is 5.73. The monoisotopic (exact) mass is 338 g/mol. The fraction of sp³-hybridized carbons (Fsp3) is 0.357. The molecule has 0 bridgehead atoms. The van der Waals surface area contributed by atoms with E-state index in [0.29, 0.717) is 24.3 Å². The summed E-state index contributed by atoms with van der Waals surface area (Å²) >= 11 is 0.960. The average Bonchev–Trinajstić information content (AvgIpc) is 2.97. The van der Waals surface area contributed by atoms with Gasteiger partial charge in [-0.1, -0.05) is 12.1 Å².